The third-order valence-electron chi connectivity index (χ3n) is 5.70. The first-order valence-electron chi connectivity index (χ1n) is 11.1. The van der Waals surface area contributed by atoms with Crippen LogP contribution in [-0.2, 0) is 11.3 Å². The number of thiazole rings is 1. The molecule has 11 heteroatoms. The van der Waals surface area contributed by atoms with E-state index < -0.39 is 16.8 Å². The normalized spacial score (nSPS) is 15.4. The first-order valence-corrected chi connectivity index (χ1v) is 11.9. The van der Waals surface area contributed by atoms with Gasteiger partial charge in [-0.25, -0.2) is 14.2 Å². The molecule has 4 rings (SSSR count). The van der Waals surface area contributed by atoms with Crippen molar-refractivity contribution in [3.63, 3.8) is 0 Å². The Morgan fingerprint density at radius 2 is 2.17 bits per heavy atom. The molecule has 9 nitrogen and oxygen atoms in total. The molecular weight excluding hydrogens is 473 g/mol. The molecular formula is C24H24FN5O4S. The summed E-state index contributed by atoms with van der Waals surface area (Å²) in [5, 5.41) is 17.6. The Kier molecular flexibility index (Phi) is 7.78. The second-order valence-electron chi connectivity index (χ2n) is 7.97. The minimum absolute atomic E-state index is 0.0405. The van der Waals surface area contributed by atoms with Gasteiger partial charge in [0, 0.05) is 35.8 Å². The summed E-state index contributed by atoms with van der Waals surface area (Å²) in [6, 6.07) is 6.15. The Balaban J connectivity index is 1.73. The Bertz CT molecular complexity index is 1210. The van der Waals surface area contributed by atoms with E-state index in [1.54, 1.807) is 29.9 Å². The Morgan fingerprint density at radius 1 is 1.37 bits per heavy atom. The molecule has 1 saturated heterocycles. The van der Waals surface area contributed by atoms with Gasteiger partial charge in [-0.15, -0.1) is 11.3 Å². The van der Waals surface area contributed by atoms with E-state index in [1.807, 2.05) is 0 Å². The van der Waals surface area contributed by atoms with Crippen LogP contribution in [0.25, 0.3) is 10.6 Å². The molecule has 1 aromatic carbocycles. The van der Waals surface area contributed by atoms with E-state index in [-0.39, 0.29) is 41.7 Å². The smallest absolute Gasteiger partial charge is 0.416 e. The van der Waals surface area contributed by atoms with E-state index in [1.165, 1.54) is 34.4 Å². The Labute approximate surface area is 205 Å². The fraction of sp³-hybridized carbons (Fsp3) is 0.292. The zero-order chi connectivity index (χ0) is 24.8. The number of ether oxygens (including phenoxy) is 1. The van der Waals surface area contributed by atoms with Crippen molar-refractivity contribution in [1.29, 1.82) is 0 Å². The van der Waals surface area contributed by atoms with Gasteiger partial charge in [-0.1, -0.05) is 12.7 Å². The van der Waals surface area contributed by atoms with E-state index in [0.717, 1.165) is 18.5 Å². The van der Waals surface area contributed by atoms with Crippen LogP contribution in [0.1, 0.15) is 29.9 Å². The molecule has 3 aromatic rings. The number of hydrogen-bond donors (Lipinski definition) is 1. The average Bonchev–Trinajstić information content (AvgIpc) is 3.37. The van der Waals surface area contributed by atoms with Gasteiger partial charge in [0.1, 0.15) is 23.2 Å². The molecule has 0 saturated carbocycles. The van der Waals surface area contributed by atoms with Crippen molar-refractivity contribution in [3.8, 4) is 10.6 Å². The van der Waals surface area contributed by atoms with Crippen molar-refractivity contribution in [2.75, 3.05) is 24.6 Å². The van der Waals surface area contributed by atoms with Gasteiger partial charge in [-0.2, -0.15) is 0 Å². The molecule has 2 aromatic heterocycles. The molecule has 1 atom stereocenters. The molecule has 1 aliphatic heterocycles. The Morgan fingerprint density at radius 3 is 2.86 bits per heavy atom. The largest absolute Gasteiger partial charge is 0.445 e. The number of pyridine rings is 1. The fourth-order valence-electron chi connectivity index (χ4n) is 4.09. The van der Waals surface area contributed by atoms with E-state index in [4.69, 9.17) is 4.74 Å². The lowest BCUT2D eigenvalue weighted by Gasteiger charge is -2.25. The quantitative estimate of drug-likeness (QED) is 0.263. The molecule has 0 bridgehead atoms. The maximum Gasteiger partial charge on any atom is 0.416 e. The number of nitro benzene ring substituents is 1. The van der Waals surface area contributed by atoms with Gasteiger partial charge in [-0.3, -0.25) is 20.0 Å². The van der Waals surface area contributed by atoms with E-state index in [0.29, 0.717) is 18.0 Å². The molecule has 1 aliphatic rings. The van der Waals surface area contributed by atoms with E-state index >= 15 is 0 Å². The van der Waals surface area contributed by atoms with Crippen molar-refractivity contribution >= 4 is 28.9 Å². The van der Waals surface area contributed by atoms with Crippen LogP contribution >= 0.6 is 11.3 Å². The average molecular weight is 498 g/mol. The lowest BCUT2D eigenvalue weighted by molar-refractivity contribution is -0.386. The highest BCUT2D eigenvalue weighted by molar-refractivity contribution is 7.13. The molecule has 3 heterocycles. The SMILES string of the molecule is C=CCOC(=O)N(Cc1ccc(F)c(C2CCCNC2)c1[N+](=O)[O-])c1csc(-c2ccncc2)n1. The minimum Gasteiger partial charge on any atom is -0.445 e. The van der Waals surface area contributed by atoms with Crippen molar-refractivity contribution in [2.24, 2.45) is 0 Å². The molecule has 1 amide bonds. The zero-order valence-electron chi connectivity index (χ0n) is 18.9. The van der Waals surface area contributed by atoms with Gasteiger partial charge in [0.2, 0.25) is 0 Å². The monoisotopic (exact) mass is 497 g/mol. The van der Waals surface area contributed by atoms with Crippen molar-refractivity contribution in [3.05, 3.63) is 81.8 Å². The molecule has 0 radical (unpaired) electrons. The van der Waals surface area contributed by atoms with Crippen molar-refractivity contribution < 1.29 is 18.8 Å². The predicted molar refractivity (Wildman–Crippen MR) is 131 cm³/mol. The molecule has 0 aliphatic carbocycles. The van der Waals surface area contributed by atoms with Gasteiger partial charge < -0.3 is 10.1 Å². The summed E-state index contributed by atoms with van der Waals surface area (Å²) in [6.07, 6.45) is 5.39. The summed E-state index contributed by atoms with van der Waals surface area (Å²) in [5.74, 6) is -0.679. The lowest BCUT2D eigenvalue weighted by atomic mass is 9.88. The number of nitro groups is 1. The van der Waals surface area contributed by atoms with Crippen molar-refractivity contribution in [1.82, 2.24) is 15.3 Å². The summed E-state index contributed by atoms with van der Waals surface area (Å²) in [6.45, 7) is 4.54. The highest BCUT2D eigenvalue weighted by Crippen LogP contribution is 2.37. The topological polar surface area (TPSA) is 110 Å². The number of piperidine rings is 1. The van der Waals surface area contributed by atoms with Crippen LogP contribution in [0.15, 0.2) is 54.7 Å². The van der Waals surface area contributed by atoms with Crippen LogP contribution in [0.3, 0.4) is 0 Å². The molecule has 35 heavy (non-hydrogen) atoms. The number of nitrogens with one attached hydrogen (secondary N) is 1. The number of aromatic nitrogens is 2. The second kappa shape index (κ2) is 11.2. The number of nitrogens with zero attached hydrogens (tertiary/aromatic N) is 4. The fourth-order valence-corrected chi connectivity index (χ4v) is 4.91. The summed E-state index contributed by atoms with van der Waals surface area (Å²) < 4.78 is 20.1. The Hall–Kier alpha value is -3.70. The number of anilines is 1. The number of benzene rings is 1. The molecule has 1 fully saturated rings. The van der Waals surface area contributed by atoms with Gasteiger partial charge >= 0.3 is 6.09 Å². The van der Waals surface area contributed by atoms with Gasteiger partial charge in [-0.05, 0) is 43.7 Å². The highest BCUT2D eigenvalue weighted by Gasteiger charge is 2.32. The maximum absolute atomic E-state index is 14.9. The van der Waals surface area contributed by atoms with E-state index in [9.17, 15) is 19.3 Å². The lowest BCUT2D eigenvalue weighted by Crippen LogP contribution is -2.32. The molecule has 1 N–H and O–H groups in total. The van der Waals surface area contributed by atoms with Crippen molar-refractivity contribution in [2.45, 2.75) is 25.3 Å². The van der Waals surface area contributed by atoms with Crippen LogP contribution in [0.4, 0.5) is 20.7 Å². The van der Waals surface area contributed by atoms with Crippen LogP contribution in [0.5, 0.6) is 0 Å². The third-order valence-corrected chi connectivity index (χ3v) is 6.58. The number of carbonyl (C=O) groups excluding carboxylic acids is 1. The zero-order valence-corrected chi connectivity index (χ0v) is 19.7. The van der Waals surface area contributed by atoms with Crippen LogP contribution in [-0.4, -0.2) is 40.7 Å². The minimum atomic E-state index is -0.740. The van der Waals surface area contributed by atoms with Gasteiger partial charge in [0.15, 0.2) is 0 Å². The van der Waals surface area contributed by atoms with Crippen LogP contribution < -0.4 is 10.2 Å². The first-order chi connectivity index (χ1) is 17.0. The summed E-state index contributed by atoms with van der Waals surface area (Å²) >= 11 is 1.31. The standard InChI is InChI=1S/C24H24FN5O4S/c1-2-12-34-24(31)29(20-15-35-23(28-20)16-7-10-26-11-8-16)14-18-5-6-19(25)21(22(18)30(32)33)17-4-3-9-27-13-17/h2,5-8,10-11,15,17,27H,1,3-4,9,12-14H2. The molecule has 0 spiro atoms. The number of amides is 1. The summed E-state index contributed by atoms with van der Waals surface area (Å²) in [7, 11) is 0. The number of halogens is 1. The summed E-state index contributed by atoms with van der Waals surface area (Å²) in [4.78, 5) is 34.3. The number of hydrogen-bond acceptors (Lipinski definition) is 8. The third kappa shape index (κ3) is 5.52. The van der Waals surface area contributed by atoms with E-state index in [2.05, 4.69) is 21.9 Å². The maximum atomic E-state index is 14.9. The number of rotatable bonds is 8. The summed E-state index contributed by atoms with van der Waals surface area (Å²) in [5.41, 5.74) is 0.765. The predicted octanol–water partition coefficient (Wildman–Crippen LogP) is 5.05. The highest BCUT2D eigenvalue weighted by atomic mass is 32.1. The van der Waals surface area contributed by atoms with Gasteiger partial charge in [0.25, 0.3) is 5.69 Å². The van der Waals surface area contributed by atoms with Gasteiger partial charge in [0.05, 0.1) is 22.6 Å². The first kappa shape index (κ1) is 24.4. The van der Waals surface area contributed by atoms with Crippen LogP contribution in [0.2, 0.25) is 0 Å². The second-order valence-corrected chi connectivity index (χ2v) is 8.83. The van der Waals surface area contributed by atoms with Crippen LogP contribution in [0, 0.1) is 15.9 Å². The molecule has 1 unspecified atom stereocenters. The molecule has 182 valence electrons. The number of carbonyl (C=O) groups is 1.